The van der Waals surface area contributed by atoms with Gasteiger partial charge in [0.1, 0.15) is 0 Å². The largest absolute Gasteiger partial charge is 0.481 e. The van der Waals surface area contributed by atoms with Gasteiger partial charge in [0.2, 0.25) is 0 Å². The molecule has 0 aromatic heterocycles. The third-order valence-electron chi connectivity index (χ3n) is 3.24. The van der Waals surface area contributed by atoms with Crippen LogP contribution in [0.25, 0.3) is 0 Å². The molecule has 0 amide bonds. The predicted octanol–water partition coefficient (Wildman–Crippen LogP) is 0.604. The zero-order chi connectivity index (χ0) is 18.9. The lowest BCUT2D eigenvalue weighted by Crippen LogP contribution is -2.28. The summed E-state index contributed by atoms with van der Waals surface area (Å²) in [6.45, 7) is 7.21. The second-order valence-electron chi connectivity index (χ2n) is 5.25. The minimum absolute atomic E-state index is 0.0672. The highest BCUT2D eigenvalue weighted by atomic mass is 16.5. The van der Waals surface area contributed by atoms with E-state index >= 15 is 0 Å². The van der Waals surface area contributed by atoms with Crippen LogP contribution in [0.4, 0.5) is 0 Å². The van der Waals surface area contributed by atoms with E-state index in [0.29, 0.717) is 52.5 Å². The highest BCUT2D eigenvalue weighted by Crippen LogP contribution is 2.10. The smallest absolute Gasteiger partial charge is 0.303 e. The van der Waals surface area contributed by atoms with Gasteiger partial charge in [0, 0.05) is 38.7 Å². The number of aliphatic hydroxyl groups is 2. The molecule has 0 bridgehead atoms. The number of ether oxygens (including phenoxy) is 3. The van der Waals surface area contributed by atoms with Crippen LogP contribution in [-0.4, -0.2) is 85.7 Å². The van der Waals surface area contributed by atoms with Crippen LogP contribution < -0.4 is 0 Å². The van der Waals surface area contributed by atoms with Gasteiger partial charge < -0.3 is 34.4 Å². The van der Waals surface area contributed by atoms with Crippen molar-refractivity contribution in [2.24, 2.45) is 0 Å². The standard InChI is InChI=1S/C17H31NO7/c1-3-15(6-7-17(21)22)18(8-4-5-16(19)20)9-10-24-13-14-25-12-11-23-2/h3,6,17,21-22H,1,4-5,7-14H2,2H3,(H,19,20)/b15-6+. The van der Waals surface area contributed by atoms with Crippen molar-refractivity contribution in [3.05, 3.63) is 24.4 Å². The summed E-state index contributed by atoms with van der Waals surface area (Å²) in [4.78, 5) is 12.6. The SMILES string of the molecule is C=C/C(=C\CC(O)O)N(CCCC(=O)O)CCOCCOCCOC. The Bertz CT molecular complexity index is 385. The van der Waals surface area contributed by atoms with Crippen LogP contribution in [0.15, 0.2) is 24.4 Å². The van der Waals surface area contributed by atoms with Gasteiger partial charge in [0.15, 0.2) is 6.29 Å². The lowest BCUT2D eigenvalue weighted by Gasteiger charge is -2.26. The summed E-state index contributed by atoms with van der Waals surface area (Å²) in [7, 11) is 1.61. The average molecular weight is 361 g/mol. The van der Waals surface area contributed by atoms with Crippen molar-refractivity contribution in [1.82, 2.24) is 4.90 Å². The molecule has 146 valence electrons. The van der Waals surface area contributed by atoms with E-state index in [4.69, 9.17) is 29.5 Å². The Morgan fingerprint density at radius 2 is 1.76 bits per heavy atom. The number of methoxy groups -OCH3 is 1. The highest BCUT2D eigenvalue weighted by Gasteiger charge is 2.09. The van der Waals surface area contributed by atoms with Crippen molar-refractivity contribution < 1.29 is 34.3 Å². The van der Waals surface area contributed by atoms with Crippen LogP contribution >= 0.6 is 0 Å². The predicted molar refractivity (Wildman–Crippen MR) is 93.1 cm³/mol. The summed E-state index contributed by atoms with van der Waals surface area (Å²) >= 11 is 0. The number of carbonyl (C=O) groups is 1. The number of allylic oxidation sites excluding steroid dienone is 1. The highest BCUT2D eigenvalue weighted by molar-refractivity contribution is 5.66. The number of carboxylic acid groups (broad SMARTS) is 1. The molecule has 8 nitrogen and oxygen atoms in total. The van der Waals surface area contributed by atoms with Gasteiger partial charge >= 0.3 is 5.97 Å². The average Bonchev–Trinajstić information content (AvgIpc) is 2.56. The van der Waals surface area contributed by atoms with Gasteiger partial charge in [-0.25, -0.2) is 0 Å². The minimum Gasteiger partial charge on any atom is -0.481 e. The molecule has 0 aromatic rings. The van der Waals surface area contributed by atoms with Crippen molar-refractivity contribution >= 4 is 5.97 Å². The zero-order valence-electron chi connectivity index (χ0n) is 14.9. The van der Waals surface area contributed by atoms with Crippen LogP contribution in [0, 0.1) is 0 Å². The van der Waals surface area contributed by atoms with Crippen molar-refractivity contribution in [2.45, 2.75) is 25.6 Å². The van der Waals surface area contributed by atoms with E-state index in [-0.39, 0.29) is 12.8 Å². The second kappa shape index (κ2) is 16.0. The molecule has 0 aromatic carbocycles. The van der Waals surface area contributed by atoms with E-state index in [2.05, 4.69) is 6.58 Å². The van der Waals surface area contributed by atoms with E-state index in [9.17, 15) is 4.79 Å². The monoisotopic (exact) mass is 361 g/mol. The first-order chi connectivity index (χ1) is 12.0. The van der Waals surface area contributed by atoms with Gasteiger partial charge in [0.05, 0.1) is 33.0 Å². The molecule has 8 heteroatoms. The number of rotatable bonds is 17. The number of hydrogen-bond donors (Lipinski definition) is 3. The second-order valence-corrected chi connectivity index (χ2v) is 5.25. The molecule has 0 heterocycles. The maximum Gasteiger partial charge on any atom is 0.303 e. The quantitative estimate of drug-likeness (QED) is 0.196. The maximum absolute atomic E-state index is 10.7. The summed E-state index contributed by atoms with van der Waals surface area (Å²) in [5.74, 6) is -0.848. The number of carboxylic acids is 1. The molecule has 0 fully saturated rings. The molecular weight excluding hydrogens is 330 g/mol. The van der Waals surface area contributed by atoms with Crippen LogP contribution in [0.2, 0.25) is 0 Å². The Balaban J connectivity index is 4.30. The third-order valence-corrected chi connectivity index (χ3v) is 3.24. The molecule has 0 saturated carbocycles. The number of aliphatic hydroxyl groups excluding tert-OH is 1. The number of aliphatic carboxylic acids is 1. The Kier molecular flexibility index (Phi) is 15.1. The molecule has 0 saturated heterocycles. The fourth-order valence-electron chi connectivity index (χ4n) is 2.00. The fourth-order valence-corrected chi connectivity index (χ4v) is 2.00. The van der Waals surface area contributed by atoms with Crippen molar-refractivity contribution in [3.8, 4) is 0 Å². The van der Waals surface area contributed by atoms with E-state index in [1.165, 1.54) is 0 Å². The fraction of sp³-hybridized carbons (Fsp3) is 0.706. The van der Waals surface area contributed by atoms with Crippen molar-refractivity contribution in [2.75, 3.05) is 53.2 Å². The lowest BCUT2D eigenvalue weighted by atomic mass is 10.2. The molecule has 0 aliphatic carbocycles. The molecule has 3 N–H and O–H groups in total. The first-order valence-corrected chi connectivity index (χ1v) is 8.31. The molecule has 0 aliphatic rings. The van der Waals surface area contributed by atoms with E-state index in [1.54, 1.807) is 19.3 Å². The molecule has 0 radical (unpaired) electrons. The normalized spacial score (nSPS) is 11.8. The third kappa shape index (κ3) is 14.6. The van der Waals surface area contributed by atoms with E-state index in [1.807, 2.05) is 4.90 Å². The summed E-state index contributed by atoms with van der Waals surface area (Å²) in [6.07, 6.45) is 2.45. The van der Waals surface area contributed by atoms with Gasteiger partial charge in [-0.1, -0.05) is 12.7 Å². The van der Waals surface area contributed by atoms with Gasteiger partial charge in [-0.2, -0.15) is 0 Å². The first kappa shape index (κ1) is 23.5. The molecule has 0 rings (SSSR count). The first-order valence-electron chi connectivity index (χ1n) is 8.31. The van der Waals surface area contributed by atoms with Crippen molar-refractivity contribution in [1.29, 1.82) is 0 Å². The molecule has 0 spiro atoms. The molecule has 0 atom stereocenters. The van der Waals surface area contributed by atoms with Gasteiger partial charge in [0.25, 0.3) is 0 Å². The van der Waals surface area contributed by atoms with Gasteiger partial charge in [-0.15, -0.1) is 0 Å². The summed E-state index contributed by atoms with van der Waals surface area (Å²) in [6, 6.07) is 0. The maximum atomic E-state index is 10.7. The Morgan fingerprint density at radius 3 is 2.32 bits per heavy atom. The molecule has 0 unspecified atom stereocenters. The van der Waals surface area contributed by atoms with Crippen LogP contribution in [0.1, 0.15) is 19.3 Å². The Morgan fingerprint density at radius 1 is 1.12 bits per heavy atom. The summed E-state index contributed by atoms with van der Waals surface area (Å²) in [5.41, 5.74) is 0.721. The molecular formula is C17H31NO7. The minimum atomic E-state index is -1.43. The summed E-state index contributed by atoms with van der Waals surface area (Å²) in [5, 5.41) is 26.8. The van der Waals surface area contributed by atoms with E-state index < -0.39 is 12.3 Å². The van der Waals surface area contributed by atoms with Crippen LogP contribution in [0.5, 0.6) is 0 Å². The van der Waals surface area contributed by atoms with E-state index in [0.717, 1.165) is 5.70 Å². The van der Waals surface area contributed by atoms with Gasteiger partial charge in [-0.3, -0.25) is 4.79 Å². The van der Waals surface area contributed by atoms with Gasteiger partial charge in [-0.05, 0) is 12.5 Å². The van der Waals surface area contributed by atoms with Crippen LogP contribution in [0.3, 0.4) is 0 Å². The Labute approximate surface area is 149 Å². The molecule has 25 heavy (non-hydrogen) atoms. The van der Waals surface area contributed by atoms with Crippen molar-refractivity contribution in [3.63, 3.8) is 0 Å². The number of hydrogen-bond acceptors (Lipinski definition) is 7. The lowest BCUT2D eigenvalue weighted by molar-refractivity contribution is -0.137. The number of nitrogens with zero attached hydrogens (tertiary/aromatic N) is 1. The summed E-state index contributed by atoms with van der Waals surface area (Å²) < 4.78 is 15.7. The van der Waals surface area contributed by atoms with Crippen LogP contribution in [-0.2, 0) is 19.0 Å². The zero-order valence-corrected chi connectivity index (χ0v) is 14.9. The Hall–Kier alpha value is -1.45. The topological polar surface area (TPSA) is 109 Å². The molecule has 0 aliphatic heterocycles.